The van der Waals surface area contributed by atoms with E-state index in [0.717, 1.165) is 49.1 Å². The van der Waals surface area contributed by atoms with Crippen LogP contribution in [0.4, 0.5) is 5.69 Å². The molecule has 4 rings (SSSR count). The van der Waals surface area contributed by atoms with Gasteiger partial charge in [-0.2, -0.15) is 0 Å². The Kier molecular flexibility index (Phi) is 4.17. The van der Waals surface area contributed by atoms with E-state index < -0.39 is 0 Å². The first kappa shape index (κ1) is 14.9. The van der Waals surface area contributed by atoms with Crippen molar-refractivity contribution in [2.45, 2.75) is 19.1 Å². The van der Waals surface area contributed by atoms with Crippen LogP contribution in [-0.4, -0.2) is 36.4 Å². The van der Waals surface area contributed by atoms with Crippen LogP contribution < -0.4 is 0 Å². The fraction of sp³-hybridized carbons (Fsp3) is 0.316. The summed E-state index contributed by atoms with van der Waals surface area (Å²) in [6, 6.07) is 16.5. The average Bonchev–Trinajstić information content (AvgIpc) is 2.99. The third kappa shape index (κ3) is 3.32. The minimum absolute atomic E-state index is 0.0821. The molecule has 0 amide bonds. The maximum Gasteiger partial charge on any atom is 0.109 e. The summed E-state index contributed by atoms with van der Waals surface area (Å²) in [6.45, 7) is 3.59. The lowest BCUT2D eigenvalue weighted by Gasteiger charge is -2.33. The lowest BCUT2D eigenvalue weighted by molar-refractivity contribution is 0.00276. The van der Waals surface area contributed by atoms with Crippen molar-refractivity contribution in [1.29, 1.82) is 0 Å². The van der Waals surface area contributed by atoms with E-state index in [9.17, 15) is 0 Å². The summed E-state index contributed by atoms with van der Waals surface area (Å²) in [7, 11) is 0. The summed E-state index contributed by atoms with van der Waals surface area (Å²) < 4.78 is 5.99. The summed E-state index contributed by atoms with van der Waals surface area (Å²) in [6.07, 6.45) is 0.953. The highest BCUT2D eigenvalue weighted by atomic mass is 35.5. The van der Waals surface area contributed by atoms with Crippen LogP contribution >= 0.6 is 11.6 Å². The Morgan fingerprint density at radius 3 is 2.91 bits per heavy atom. The van der Waals surface area contributed by atoms with Crippen molar-refractivity contribution in [3.8, 4) is 0 Å². The van der Waals surface area contributed by atoms with E-state index in [1.54, 1.807) is 0 Å². The zero-order valence-electron chi connectivity index (χ0n) is 12.9. The van der Waals surface area contributed by atoms with Crippen molar-refractivity contribution in [2.24, 2.45) is 4.99 Å². The lowest BCUT2D eigenvalue weighted by Crippen LogP contribution is -2.45. The minimum atomic E-state index is 0.0821. The predicted octanol–water partition coefficient (Wildman–Crippen LogP) is 3.87. The number of aliphatic imine (C=N–C) groups is 1. The third-order valence-electron chi connectivity index (χ3n) is 4.45. The number of hydrogen-bond acceptors (Lipinski definition) is 3. The van der Waals surface area contributed by atoms with Gasteiger partial charge in [0.25, 0.3) is 0 Å². The average molecular weight is 327 g/mol. The molecule has 2 aromatic carbocycles. The second-order valence-corrected chi connectivity index (χ2v) is 6.57. The molecule has 23 heavy (non-hydrogen) atoms. The normalized spacial score (nSPS) is 21.1. The van der Waals surface area contributed by atoms with Gasteiger partial charge in [-0.1, -0.05) is 48.0 Å². The van der Waals surface area contributed by atoms with E-state index in [4.69, 9.17) is 21.3 Å². The predicted molar refractivity (Wildman–Crippen MR) is 93.7 cm³/mol. The number of halogens is 1. The summed E-state index contributed by atoms with van der Waals surface area (Å²) >= 11 is 6.06. The van der Waals surface area contributed by atoms with Crippen LogP contribution in [0.3, 0.4) is 0 Å². The van der Waals surface area contributed by atoms with Gasteiger partial charge in [0.15, 0.2) is 0 Å². The smallest absolute Gasteiger partial charge is 0.109 e. The molecule has 1 saturated heterocycles. The van der Waals surface area contributed by atoms with Gasteiger partial charge in [0.2, 0.25) is 0 Å². The van der Waals surface area contributed by atoms with Gasteiger partial charge in [0, 0.05) is 31.1 Å². The molecule has 0 bridgehead atoms. The molecule has 2 heterocycles. The Hall–Kier alpha value is -1.68. The largest absolute Gasteiger partial charge is 0.370 e. The van der Waals surface area contributed by atoms with Crippen molar-refractivity contribution in [3.63, 3.8) is 0 Å². The highest BCUT2D eigenvalue weighted by molar-refractivity contribution is 6.31. The lowest BCUT2D eigenvalue weighted by atomic mass is 10.1. The van der Waals surface area contributed by atoms with Gasteiger partial charge < -0.3 is 4.74 Å². The number of rotatable bonds is 3. The molecule has 1 fully saturated rings. The summed E-state index contributed by atoms with van der Waals surface area (Å²) in [5.41, 5.74) is 4.71. The first-order chi connectivity index (χ1) is 11.3. The SMILES string of the molecule is Clc1ccc2c(c1)N=C(C1CN(Cc3ccccc3)CCO1)C2. The Labute approximate surface area is 141 Å². The Morgan fingerprint density at radius 1 is 1.17 bits per heavy atom. The van der Waals surface area contributed by atoms with Gasteiger partial charge in [-0.3, -0.25) is 9.89 Å². The summed E-state index contributed by atoms with van der Waals surface area (Å²) in [4.78, 5) is 7.20. The number of fused-ring (bicyclic) bond motifs is 1. The van der Waals surface area contributed by atoms with Gasteiger partial charge in [0.05, 0.1) is 18.0 Å². The van der Waals surface area contributed by atoms with E-state index in [1.807, 2.05) is 12.1 Å². The van der Waals surface area contributed by atoms with Crippen LogP contribution in [0, 0.1) is 0 Å². The van der Waals surface area contributed by atoms with Crippen LogP contribution in [0.1, 0.15) is 11.1 Å². The number of hydrogen-bond donors (Lipinski definition) is 0. The molecule has 2 aliphatic rings. The molecule has 3 nitrogen and oxygen atoms in total. The fourth-order valence-corrected chi connectivity index (χ4v) is 3.42. The molecule has 118 valence electrons. The van der Waals surface area contributed by atoms with Gasteiger partial charge in [-0.05, 0) is 23.3 Å². The molecule has 4 heteroatoms. The monoisotopic (exact) mass is 326 g/mol. The first-order valence-corrected chi connectivity index (χ1v) is 8.39. The van der Waals surface area contributed by atoms with E-state index in [2.05, 4.69) is 41.3 Å². The zero-order valence-corrected chi connectivity index (χ0v) is 13.7. The highest BCUT2D eigenvalue weighted by Gasteiger charge is 2.28. The van der Waals surface area contributed by atoms with Crippen molar-refractivity contribution >= 4 is 23.0 Å². The van der Waals surface area contributed by atoms with Crippen LogP contribution in [0.15, 0.2) is 53.5 Å². The molecule has 2 aliphatic heterocycles. The Morgan fingerprint density at radius 2 is 2.04 bits per heavy atom. The molecule has 0 aromatic heterocycles. The number of ether oxygens (including phenoxy) is 1. The Bertz CT molecular complexity index is 729. The molecule has 0 N–H and O–H groups in total. The number of morpholine rings is 1. The summed E-state index contributed by atoms with van der Waals surface area (Å²) in [5.74, 6) is 0. The maximum absolute atomic E-state index is 6.06. The maximum atomic E-state index is 6.06. The summed E-state index contributed by atoms with van der Waals surface area (Å²) in [5, 5.41) is 0.740. The third-order valence-corrected chi connectivity index (χ3v) is 4.69. The molecule has 0 saturated carbocycles. The van der Waals surface area contributed by atoms with Crippen molar-refractivity contribution in [2.75, 3.05) is 19.7 Å². The van der Waals surface area contributed by atoms with Crippen LogP contribution in [0.25, 0.3) is 0 Å². The second kappa shape index (κ2) is 6.44. The first-order valence-electron chi connectivity index (χ1n) is 8.02. The molecule has 1 unspecified atom stereocenters. The molecule has 0 radical (unpaired) electrons. The van der Waals surface area contributed by atoms with E-state index in [1.165, 1.54) is 11.1 Å². The second-order valence-electron chi connectivity index (χ2n) is 6.13. The van der Waals surface area contributed by atoms with Gasteiger partial charge in [0.1, 0.15) is 6.10 Å². The number of benzene rings is 2. The number of nitrogens with zero attached hydrogens (tertiary/aromatic N) is 2. The quantitative estimate of drug-likeness (QED) is 0.855. The molecule has 0 spiro atoms. The Balaban J connectivity index is 1.45. The minimum Gasteiger partial charge on any atom is -0.370 e. The van der Waals surface area contributed by atoms with Gasteiger partial charge in [-0.25, -0.2) is 0 Å². The topological polar surface area (TPSA) is 24.8 Å². The molecular weight excluding hydrogens is 308 g/mol. The molecule has 0 aliphatic carbocycles. The van der Waals surface area contributed by atoms with Gasteiger partial charge >= 0.3 is 0 Å². The van der Waals surface area contributed by atoms with E-state index in [0.29, 0.717) is 0 Å². The van der Waals surface area contributed by atoms with Crippen molar-refractivity contribution in [3.05, 3.63) is 64.7 Å². The molecule has 1 atom stereocenters. The van der Waals surface area contributed by atoms with Crippen LogP contribution in [-0.2, 0) is 17.7 Å². The zero-order chi connectivity index (χ0) is 15.6. The van der Waals surface area contributed by atoms with Crippen molar-refractivity contribution < 1.29 is 4.74 Å². The fourth-order valence-electron chi connectivity index (χ4n) is 3.26. The standard InChI is InChI=1S/C19H19ClN2O/c20-16-7-6-15-10-18(21-17(15)11-16)19-13-22(8-9-23-19)12-14-4-2-1-3-5-14/h1-7,11,19H,8-10,12-13H2. The van der Waals surface area contributed by atoms with E-state index >= 15 is 0 Å². The van der Waals surface area contributed by atoms with E-state index in [-0.39, 0.29) is 6.10 Å². The van der Waals surface area contributed by atoms with Crippen LogP contribution in [0.2, 0.25) is 5.02 Å². The van der Waals surface area contributed by atoms with Crippen LogP contribution in [0.5, 0.6) is 0 Å². The highest BCUT2D eigenvalue weighted by Crippen LogP contribution is 2.31. The van der Waals surface area contributed by atoms with Gasteiger partial charge in [-0.15, -0.1) is 0 Å². The van der Waals surface area contributed by atoms with Crippen molar-refractivity contribution in [1.82, 2.24) is 4.90 Å². The molecule has 2 aromatic rings. The molecular formula is C19H19ClN2O.